The monoisotopic (exact) mass is 110 g/mol. The fourth-order valence-electron chi connectivity index (χ4n) is 0.388. The lowest BCUT2D eigenvalue weighted by atomic mass is 10.3. The maximum Gasteiger partial charge on any atom is 0.275 e. The molecule has 0 aromatic carbocycles. The van der Waals surface area contributed by atoms with Gasteiger partial charge in [0.15, 0.2) is 0 Å². The molecule has 1 radical (unpaired) electrons. The molecule has 0 bridgehead atoms. The fourth-order valence-corrected chi connectivity index (χ4v) is 0.388. The van der Waals surface area contributed by atoms with Crippen LogP contribution in [0.1, 0.15) is 11.3 Å². The molecule has 1 aromatic rings. The summed E-state index contributed by atoms with van der Waals surface area (Å²) < 4.78 is 4.44. The van der Waals surface area contributed by atoms with Crippen LogP contribution in [-0.4, -0.2) is 11.4 Å². The smallest absolute Gasteiger partial charge is 0.275 e. The molecule has 1 aromatic heterocycles. The second kappa shape index (κ2) is 1.78. The highest BCUT2D eigenvalue weighted by atomic mass is 16.5. The summed E-state index contributed by atoms with van der Waals surface area (Å²) in [5.41, 5.74) is 0.722. The molecule has 0 spiro atoms. The molecule has 1 rings (SSSR count). The van der Waals surface area contributed by atoms with Crippen LogP contribution in [0.25, 0.3) is 0 Å². The van der Waals surface area contributed by atoms with Crippen LogP contribution >= 0.6 is 0 Å². The summed E-state index contributed by atoms with van der Waals surface area (Å²) in [5, 5.41) is 3.36. The average molecular weight is 110 g/mol. The summed E-state index contributed by atoms with van der Waals surface area (Å²) in [7, 11) is 0. The van der Waals surface area contributed by atoms with Crippen molar-refractivity contribution >= 4 is 6.29 Å². The molecule has 0 saturated heterocycles. The molecule has 3 heteroatoms. The Morgan fingerprint density at radius 3 is 2.88 bits per heavy atom. The number of nitrogens with zero attached hydrogens (tertiary/aromatic N) is 1. The van der Waals surface area contributed by atoms with E-state index in [-0.39, 0.29) is 5.76 Å². The first-order valence-corrected chi connectivity index (χ1v) is 2.14. The summed E-state index contributed by atoms with van der Waals surface area (Å²) in [4.78, 5) is 9.83. The van der Waals surface area contributed by atoms with E-state index in [0.29, 0.717) is 0 Å². The summed E-state index contributed by atoms with van der Waals surface area (Å²) >= 11 is 0. The second-order valence-corrected chi connectivity index (χ2v) is 1.44. The van der Waals surface area contributed by atoms with Gasteiger partial charge in [0, 0.05) is 5.56 Å². The van der Waals surface area contributed by atoms with Gasteiger partial charge >= 0.3 is 0 Å². The van der Waals surface area contributed by atoms with E-state index >= 15 is 0 Å². The fraction of sp³-hybridized carbons (Fsp3) is 0.200. The Bertz CT molecular complexity index is 192. The Balaban J connectivity index is 3.09. The van der Waals surface area contributed by atoms with Gasteiger partial charge in [-0.1, -0.05) is 5.16 Å². The number of aryl methyl sites for hydroxylation is 1. The molecule has 1 heterocycles. The number of hydrogen-bond acceptors (Lipinski definition) is 3. The number of rotatable bonds is 1. The third kappa shape index (κ3) is 0.621. The van der Waals surface area contributed by atoms with E-state index in [9.17, 15) is 4.79 Å². The van der Waals surface area contributed by atoms with Gasteiger partial charge in [-0.2, -0.15) is 0 Å². The molecule has 0 aliphatic rings. The predicted octanol–water partition coefficient (Wildman–Crippen LogP) is 0.441. The van der Waals surface area contributed by atoms with Crippen molar-refractivity contribution in [1.82, 2.24) is 5.16 Å². The zero-order valence-corrected chi connectivity index (χ0v) is 4.34. The molecule has 0 saturated carbocycles. The second-order valence-electron chi connectivity index (χ2n) is 1.44. The number of hydrogen-bond donors (Lipinski definition) is 0. The van der Waals surface area contributed by atoms with Crippen molar-refractivity contribution in [2.24, 2.45) is 0 Å². The minimum atomic E-state index is 0.185. The van der Waals surface area contributed by atoms with Crippen LogP contribution in [0.3, 0.4) is 0 Å². The summed E-state index contributed by atoms with van der Waals surface area (Å²) in [6.07, 6.45) is 3.07. The van der Waals surface area contributed by atoms with Gasteiger partial charge in [-0.15, -0.1) is 0 Å². The SMILES string of the molecule is Cc1cnoc1[C]=O. The Morgan fingerprint density at radius 2 is 2.62 bits per heavy atom. The largest absolute Gasteiger partial charge is 0.352 e. The van der Waals surface area contributed by atoms with E-state index in [2.05, 4.69) is 9.68 Å². The van der Waals surface area contributed by atoms with Gasteiger partial charge in [0.25, 0.3) is 6.29 Å². The van der Waals surface area contributed by atoms with Crippen LogP contribution in [0, 0.1) is 6.92 Å². The molecule has 0 unspecified atom stereocenters. The van der Waals surface area contributed by atoms with Crippen molar-refractivity contribution in [2.45, 2.75) is 6.92 Å². The Morgan fingerprint density at radius 1 is 1.88 bits per heavy atom. The third-order valence-electron chi connectivity index (χ3n) is 0.841. The van der Waals surface area contributed by atoms with E-state index < -0.39 is 0 Å². The first kappa shape index (κ1) is 5.03. The molecule has 0 atom stereocenters. The van der Waals surface area contributed by atoms with Crippen LogP contribution in [0.2, 0.25) is 0 Å². The van der Waals surface area contributed by atoms with Crippen LogP contribution in [-0.2, 0) is 4.79 Å². The van der Waals surface area contributed by atoms with Gasteiger partial charge in [-0.25, -0.2) is 0 Å². The summed E-state index contributed by atoms with van der Waals surface area (Å²) in [6.45, 7) is 1.73. The van der Waals surface area contributed by atoms with Crippen molar-refractivity contribution in [2.75, 3.05) is 0 Å². The Hall–Kier alpha value is -1.12. The van der Waals surface area contributed by atoms with E-state index in [0.717, 1.165) is 5.56 Å². The quantitative estimate of drug-likeness (QED) is 0.526. The Labute approximate surface area is 46.3 Å². The zero-order valence-electron chi connectivity index (χ0n) is 4.34. The molecule has 0 fully saturated rings. The van der Waals surface area contributed by atoms with Crippen molar-refractivity contribution in [3.8, 4) is 0 Å². The summed E-state index contributed by atoms with van der Waals surface area (Å²) in [5.74, 6) is 0.185. The molecular weight excluding hydrogens is 106 g/mol. The van der Waals surface area contributed by atoms with Crippen molar-refractivity contribution < 1.29 is 9.32 Å². The maximum absolute atomic E-state index is 9.83. The normalized spacial score (nSPS) is 9.12. The summed E-state index contributed by atoms with van der Waals surface area (Å²) in [6, 6.07) is 0. The van der Waals surface area contributed by atoms with Crippen LogP contribution < -0.4 is 0 Å². The van der Waals surface area contributed by atoms with E-state index in [4.69, 9.17) is 0 Å². The van der Waals surface area contributed by atoms with Crippen molar-refractivity contribution in [3.05, 3.63) is 17.5 Å². The number of carbonyl (C=O) groups excluding carboxylic acids is 1. The van der Waals surface area contributed by atoms with Crippen LogP contribution in [0.5, 0.6) is 0 Å². The lowest BCUT2D eigenvalue weighted by molar-refractivity contribution is 0.406. The van der Waals surface area contributed by atoms with Crippen LogP contribution in [0.4, 0.5) is 0 Å². The topological polar surface area (TPSA) is 43.1 Å². The minimum Gasteiger partial charge on any atom is -0.352 e. The van der Waals surface area contributed by atoms with E-state index in [1.54, 1.807) is 13.2 Å². The minimum absolute atomic E-state index is 0.185. The number of aromatic nitrogens is 1. The first-order chi connectivity index (χ1) is 3.84. The van der Waals surface area contributed by atoms with Gasteiger partial charge < -0.3 is 4.52 Å². The highest BCUT2D eigenvalue weighted by Gasteiger charge is 1.99. The molecule has 0 aliphatic heterocycles. The van der Waals surface area contributed by atoms with Crippen LogP contribution in [0.15, 0.2) is 10.7 Å². The standard InChI is InChI=1S/C5H4NO2/c1-4-2-6-8-5(4)3-7/h2H,1H3. The van der Waals surface area contributed by atoms with Gasteiger partial charge in [0.2, 0.25) is 5.76 Å². The third-order valence-corrected chi connectivity index (χ3v) is 0.841. The maximum atomic E-state index is 9.83. The molecule has 41 valence electrons. The van der Waals surface area contributed by atoms with Gasteiger partial charge in [-0.3, -0.25) is 4.79 Å². The Kier molecular flexibility index (Phi) is 1.12. The molecule has 3 nitrogen and oxygen atoms in total. The molecule has 0 aliphatic carbocycles. The van der Waals surface area contributed by atoms with E-state index in [1.165, 1.54) is 6.20 Å². The van der Waals surface area contributed by atoms with Crippen molar-refractivity contribution in [3.63, 3.8) is 0 Å². The lowest BCUT2D eigenvalue weighted by Crippen LogP contribution is -1.75. The molecule has 0 amide bonds. The van der Waals surface area contributed by atoms with E-state index in [1.807, 2.05) is 0 Å². The van der Waals surface area contributed by atoms with Gasteiger partial charge in [0.05, 0.1) is 6.20 Å². The molecule has 0 N–H and O–H groups in total. The highest BCUT2D eigenvalue weighted by Crippen LogP contribution is 1.99. The predicted molar refractivity (Wildman–Crippen MR) is 26.0 cm³/mol. The van der Waals surface area contributed by atoms with Crippen molar-refractivity contribution in [1.29, 1.82) is 0 Å². The van der Waals surface area contributed by atoms with Gasteiger partial charge in [0.1, 0.15) is 0 Å². The molecular formula is C5H4NO2. The van der Waals surface area contributed by atoms with Gasteiger partial charge in [-0.05, 0) is 6.92 Å². The average Bonchev–Trinajstić information content (AvgIpc) is 2.14. The lowest BCUT2D eigenvalue weighted by Gasteiger charge is -1.73. The zero-order chi connectivity index (χ0) is 5.98. The first-order valence-electron chi connectivity index (χ1n) is 2.14. The molecule has 8 heavy (non-hydrogen) atoms. The highest BCUT2D eigenvalue weighted by molar-refractivity contribution is 5.72.